The summed E-state index contributed by atoms with van der Waals surface area (Å²) in [5, 5.41) is 7.30. The van der Waals surface area contributed by atoms with Crippen LogP contribution in [0.15, 0.2) is 28.8 Å². The van der Waals surface area contributed by atoms with E-state index in [-0.39, 0.29) is 18.4 Å². The van der Waals surface area contributed by atoms with E-state index in [1.807, 2.05) is 25.1 Å². The summed E-state index contributed by atoms with van der Waals surface area (Å²) in [5.41, 5.74) is 3.58. The molecule has 8 heteroatoms. The molecule has 160 valence electrons. The second kappa shape index (κ2) is 7.85. The number of rotatable bonds is 5. The molecule has 1 aromatic carbocycles. The van der Waals surface area contributed by atoms with Gasteiger partial charge in [-0.15, -0.1) is 11.3 Å². The van der Waals surface area contributed by atoms with Crippen LogP contribution >= 0.6 is 11.3 Å². The molecule has 0 spiro atoms. The molecular weight excluding hydrogens is 416 g/mol. The van der Waals surface area contributed by atoms with Crippen molar-refractivity contribution < 1.29 is 23.6 Å². The molecule has 3 heterocycles. The fourth-order valence-corrected chi connectivity index (χ4v) is 5.44. The minimum absolute atomic E-state index is 0.155. The van der Waals surface area contributed by atoms with Gasteiger partial charge in [0.2, 0.25) is 0 Å². The normalized spacial score (nSPS) is 16.5. The molecule has 1 amide bonds. The highest BCUT2D eigenvalue weighted by Gasteiger charge is 2.29. The van der Waals surface area contributed by atoms with Crippen LogP contribution in [0, 0.1) is 0 Å². The molecule has 31 heavy (non-hydrogen) atoms. The van der Waals surface area contributed by atoms with Gasteiger partial charge >= 0.3 is 5.97 Å². The summed E-state index contributed by atoms with van der Waals surface area (Å²) in [6.45, 7) is 4.08. The van der Waals surface area contributed by atoms with Crippen LogP contribution in [0.25, 0.3) is 11.3 Å². The molecule has 0 saturated heterocycles. The number of benzene rings is 1. The Balaban J connectivity index is 1.38. The van der Waals surface area contributed by atoms with Gasteiger partial charge in [-0.05, 0) is 62.4 Å². The molecule has 0 radical (unpaired) electrons. The molecule has 2 aromatic heterocycles. The second-order valence-electron chi connectivity index (χ2n) is 7.77. The lowest BCUT2D eigenvalue weighted by Crippen LogP contribution is -2.15. The zero-order valence-electron chi connectivity index (χ0n) is 17.3. The van der Waals surface area contributed by atoms with Crippen LogP contribution in [0.5, 0.6) is 5.75 Å². The number of amides is 1. The van der Waals surface area contributed by atoms with Crippen LogP contribution in [0.3, 0.4) is 0 Å². The number of aryl methyl sites for hydroxylation is 1. The number of nitrogens with zero attached hydrogens (tertiary/aromatic N) is 1. The Morgan fingerprint density at radius 3 is 3.00 bits per heavy atom. The summed E-state index contributed by atoms with van der Waals surface area (Å²) < 4.78 is 16.4. The fourth-order valence-electron chi connectivity index (χ4n) is 4.17. The third kappa shape index (κ3) is 3.61. The number of thiophene rings is 1. The van der Waals surface area contributed by atoms with Crippen LogP contribution < -0.4 is 10.1 Å². The maximum Gasteiger partial charge on any atom is 0.341 e. The summed E-state index contributed by atoms with van der Waals surface area (Å²) in [6.07, 6.45) is 3.74. The van der Waals surface area contributed by atoms with Crippen LogP contribution in [-0.2, 0) is 24.0 Å². The Labute approximate surface area is 183 Å². The van der Waals surface area contributed by atoms with Crippen molar-refractivity contribution in [2.45, 2.75) is 45.6 Å². The summed E-state index contributed by atoms with van der Waals surface area (Å²) >= 11 is 1.44. The minimum Gasteiger partial charge on any atom is -0.490 e. The van der Waals surface area contributed by atoms with Crippen LogP contribution in [0.4, 0.5) is 5.00 Å². The first-order chi connectivity index (χ1) is 15.0. The van der Waals surface area contributed by atoms with E-state index in [0.717, 1.165) is 53.0 Å². The van der Waals surface area contributed by atoms with Gasteiger partial charge in [-0.1, -0.05) is 5.16 Å². The van der Waals surface area contributed by atoms with Gasteiger partial charge in [0.1, 0.15) is 16.9 Å². The zero-order valence-corrected chi connectivity index (χ0v) is 18.1. The third-order valence-electron chi connectivity index (χ3n) is 5.55. The van der Waals surface area contributed by atoms with E-state index >= 15 is 0 Å². The summed E-state index contributed by atoms with van der Waals surface area (Å²) in [6, 6.07) is 7.42. The summed E-state index contributed by atoms with van der Waals surface area (Å²) in [5.74, 6) is 0.573. The second-order valence-corrected chi connectivity index (χ2v) is 8.87. The number of fused-ring (bicyclic) bond motifs is 2. The average molecular weight is 439 g/mol. The lowest BCUT2D eigenvalue weighted by molar-refractivity contribution is 0.0527. The lowest BCUT2D eigenvalue weighted by atomic mass is 10.1. The minimum atomic E-state index is -0.418. The molecule has 1 aliphatic heterocycles. The number of carbonyl (C=O) groups is 2. The number of anilines is 1. The highest BCUT2D eigenvalue weighted by molar-refractivity contribution is 7.17. The Morgan fingerprint density at radius 1 is 1.29 bits per heavy atom. The third-order valence-corrected chi connectivity index (χ3v) is 6.76. The van der Waals surface area contributed by atoms with Gasteiger partial charge in [-0.2, -0.15) is 0 Å². The molecule has 1 atom stereocenters. The molecule has 1 unspecified atom stereocenters. The van der Waals surface area contributed by atoms with Crippen molar-refractivity contribution in [2.24, 2.45) is 0 Å². The van der Waals surface area contributed by atoms with Gasteiger partial charge in [-0.3, -0.25) is 4.79 Å². The zero-order chi connectivity index (χ0) is 21.5. The first kappa shape index (κ1) is 19.8. The summed E-state index contributed by atoms with van der Waals surface area (Å²) in [4.78, 5) is 26.5. The molecule has 1 aliphatic carbocycles. The van der Waals surface area contributed by atoms with Crippen molar-refractivity contribution in [3.63, 3.8) is 0 Å². The van der Waals surface area contributed by atoms with E-state index in [2.05, 4.69) is 10.5 Å². The van der Waals surface area contributed by atoms with Crippen molar-refractivity contribution in [3.05, 3.63) is 51.5 Å². The molecule has 7 nitrogen and oxygen atoms in total. The standard InChI is InChI=1S/C23H22N2O5S/c1-3-28-23(27)20-15-5-4-6-19(15)31-22(20)24-21(26)16-11-18(30-25-16)13-7-8-17-14(10-13)9-12(2)29-17/h7-8,10-12H,3-6,9H2,1-2H3,(H,24,26). The molecule has 0 saturated carbocycles. The van der Waals surface area contributed by atoms with Gasteiger partial charge in [0.25, 0.3) is 5.91 Å². The van der Waals surface area contributed by atoms with E-state index in [9.17, 15) is 9.59 Å². The Hall–Kier alpha value is -3.13. The van der Waals surface area contributed by atoms with Crippen molar-refractivity contribution >= 4 is 28.2 Å². The van der Waals surface area contributed by atoms with Gasteiger partial charge in [0.05, 0.1) is 12.2 Å². The number of carbonyl (C=O) groups excluding carboxylic acids is 2. The van der Waals surface area contributed by atoms with E-state index in [1.54, 1.807) is 13.0 Å². The smallest absolute Gasteiger partial charge is 0.341 e. The van der Waals surface area contributed by atoms with E-state index < -0.39 is 11.9 Å². The number of aromatic nitrogens is 1. The molecule has 3 aromatic rings. The predicted molar refractivity (Wildman–Crippen MR) is 116 cm³/mol. The molecule has 2 aliphatic rings. The van der Waals surface area contributed by atoms with Crippen LogP contribution in [0.2, 0.25) is 0 Å². The van der Waals surface area contributed by atoms with Crippen LogP contribution in [0.1, 0.15) is 57.1 Å². The maximum absolute atomic E-state index is 12.8. The van der Waals surface area contributed by atoms with Crippen molar-refractivity contribution in [3.8, 4) is 17.1 Å². The topological polar surface area (TPSA) is 90.7 Å². The van der Waals surface area contributed by atoms with E-state index in [1.165, 1.54) is 11.3 Å². The molecular formula is C23H22N2O5S. The molecule has 1 N–H and O–H groups in total. The average Bonchev–Trinajstić information content (AvgIpc) is 3.50. The quantitative estimate of drug-likeness (QED) is 0.584. The Bertz CT molecular complexity index is 1180. The number of ether oxygens (including phenoxy) is 2. The molecule has 5 rings (SSSR count). The lowest BCUT2D eigenvalue weighted by Gasteiger charge is -2.06. The number of hydrogen-bond acceptors (Lipinski definition) is 7. The van der Waals surface area contributed by atoms with E-state index in [0.29, 0.717) is 16.3 Å². The van der Waals surface area contributed by atoms with E-state index in [4.69, 9.17) is 14.0 Å². The van der Waals surface area contributed by atoms with Crippen molar-refractivity contribution in [1.29, 1.82) is 0 Å². The van der Waals surface area contributed by atoms with Gasteiger partial charge < -0.3 is 19.3 Å². The fraction of sp³-hybridized carbons (Fsp3) is 0.348. The predicted octanol–water partition coefficient (Wildman–Crippen LogP) is 4.64. The highest BCUT2D eigenvalue weighted by atomic mass is 32.1. The monoisotopic (exact) mass is 438 g/mol. The van der Waals surface area contributed by atoms with Gasteiger partial charge in [0, 0.05) is 22.9 Å². The number of nitrogens with one attached hydrogen (secondary N) is 1. The maximum atomic E-state index is 12.8. The first-order valence-electron chi connectivity index (χ1n) is 10.4. The first-order valence-corrected chi connectivity index (χ1v) is 11.2. The van der Waals surface area contributed by atoms with Crippen molar-refractivity contribution in [1.82, 2.24) is 5.16 Å². The van der Waals surface area contributed by atoms with Crippen molar-refractivity contribution in [2.75, 3.05) is 11.9 Å². The largest absolute Gasteiger partial charge is 0.490 e. The van der Waals surface area contributed by atoms with Gasteiger partial charge in [0.15, 0.2) is 11.5 Å². The van der Waals surface area contributed by atoms with Crippen LogP contribution in [-0.4, -0.2) is 29.7 Å². The molecule has 0 bridgehead atoms. The highest BCUT2D eigenvalue weighted by Crippen LogP contribution is 2.40. The number of esters is 1. The SMILES string of the molecule is CCOC(=O)c1c(NC(=O)c2cc(-c3ccc4c(c3)CC(C)O4)on2)sc2c1CCC2. The Kier molecular flexibility index (Phi) is 5.02. The summed E-state index contributed by atoms with van der Waals surface area (Å²) in [7, 11) is 0. The molecule has 0 fully saturated rings. The number of hydrogen-bond donors (Lipinski definition) is 1. The van der Waals surface area contributed by atoms with Gasteiger partial charge in [-0.25, -0.2) is 4.79 Å². The Morgan fingerprint density at radius 2 is 2.16 bits per heavy atom.